The molecule has 0 atom stereocenters. The monoisotopic (exact) mass is 222 g/mol. The topological polar surface area (TPSA) is 17.1 Å². The van der Waals surface area contributed by atoms with Gasteiger partial charge in [0.05, 0.1) is 4.88 Å². The number of Topliss-reactive ketones (excluding diaryl/α,β-unsaturated/α-hetero) is 1. The molecule has 2 rings (SSSR count). The van der Waals surface area contributed by atoms with Gasteiger partial charge in [0.15, 0.2) is 5.78 Å². The summed E-state index contributed by atoms with van der Waals surface area (Å²) in [7, 11) is 0. The van der Waals surface area contributed by atoms with Crippen LogP contribution in [0.15, 0.2) is 29.0 Å². The maximum absolute atomic E-state index is 11.3. The molecule has 0 saturated heterocycles. The summed E-state index contributed by atoms with van der Waals surface area (Å²) >= 11 is 3.27. The lowest BCUT2D eigenvalue weighted by atomic mass is 10.1. The summed E-state index contributed by atoms with van der Waals surface area (Å²) in [5.74, 6) is 0.173. The molecule has 2 aromatic rings. The fourth-order valence-electron chi connectivity index (χ4n) is 1.38. The summed E-state index contributed by atoms with van der Waals surface area (Å²) in [6.45, 7) is 1.63. The first-order valence-corrected chi connectivity index (χ1v) is 6.13. The molecular weight excluding hydrogens is 212 g/mol. The molecule has 0 spiro atoms. The minimum absolute atomic E-state index is 0.173. The number of rotatable bonds is 3. The Morgan fingerprint density at radius 1 is 1.29 bits per heavy atom. The molecule has 0 fully saturated rings. The molecule has 1 nitrogen and oxygen atoms in total. The van der Waals surface area contributed by atoms with Crippen LogP contribution < -0.4 is 0 Å². The SMILES string of the molecule is CC(=O)c1sccc1Cc1cccs1. The summed E-state index contributed by atoms with van der Waals surface area (Å²) < 4.78 is 0. The average molecular weight is 222 g/mol. The van der Waals surface area contributed by atoms with Crippen molar-refractivity contribution in [3.8, 4) is 0 Å². The molecule has 2 heterocycles. The average Bonchev–Trinajstić information content (AvgIpc) is 2.75. The number of thiophene rings is 2. The molecule has 0 aliphatic carbocycles. The van der Waals surface area contributed by atoms with Crippen LogP contribution >= 0.6 is 22.7 Å². The normalized spacial score (nSPS) is 10.4. The molecule has 72 valence electrons. The van der Waals surface area contributed by atoms with E-state index in [4.69, 9.17) is 0 Å². The minimum Gasteiger partial charge on any atom is -0.294 e. The Bertz CT molecular complexity index is 426. The zero-order valence-electron chi connectivity index (χ0n) is 7.82. The van der Waals surface area contributed by atoms with E-state index in [-0.39, 0.29) is 5.78 Å². The molecule has 0 radical (unpaired) electrons. The Hall–Kier alpha value is -0.930. The molecule has 2 aromatic heterocycles. The van der Waals surface area contributed by atoms with E-state index in [1.54, 1.807) is 18.3 Å². The second-order valence-electron chi connectivity index (χ2n) is 3.09. The molecule has 0 aliphatic rings. The number of carbonyl (C=O) groups excluding carboxylic acids is 1. The van der Waals surface area contributed by atoms with Crippen LogP contribution in [0.4, 0.5) is 0 Å². The van der Waals surface area contributed by atoms with E-state index >= 15 is 0 Å². The molecule has 0 N–H and O–H groups in total. The Balaban J connectivity index is 2.25. The predicted octanol–water partition coefficient (Wildman–Crippen LogP) is 3.60. The van der Waals surface area contributed by atoms with E-state index in [0.29, 0.717) is 0 Å². The fraction of sp³-hybridized carbons (Fsp3) is 0.182. The van der Waals surface area contributed by atoms with Crippen LogP contribution in [0.1, 0.15) is 27.0 Å². The van der Waals surface area contributed by atoms with Gasteiger partial charge in [0, 0.05) is 11.3 Å². The number of hydrogen-bond donors (Lipinski definition) is 0. The second-order valence-corrected chi connectivity index (χ2v) is 5.04. The number of hydrogen-bond acceptors (Lipinski definition) is 3. The molecule has 0 aliphatic heterocycles. The third kappa shape index (κ3) is 1.94. The third-order valence-corrected chi connectivity index (χ3v) is 3.95. The van der Waals surface area contributed by atoms with Gasteiger partial charge < -0.3 is 0 Å². The van der Waals surface area contributed by atoms with Gasteiger partial charge in [-0.3, -0.25) is 4.79 Å². The van der Waals surface area contributed by atoms with Crippen molar-refractivity contribution in [1.82, 2.24) is 0 Å². The number of ketones is 1. The molecule has 14 heavy (non-hydrogen) atoms. The first-order chi connectivity index (χ1) is 6.77. The highest BCUT2D eigenvalue weighted by Crippen LogP contribution is 2.22. The van der Waals surface area contributed by atoms with Crippen LogP contribution in [0, 0.1) is 0 Å². The van der Waals surface area contributed by atoms with Gasteiger partial charge in [0.1, 0.15) is 0 Å². The summed E-state index contributed by atoms with van der Waals surface area (Å²) in [4.78, 5) is 13.5. The van der Waals surface area contributed by atoms with Crippen molar-refractivity contribution < 1.29 is 4.79 Å². The minimum atomic E-state index is 0.173. The van der Waals surface area contributed by atoms with Gasteiger partial charge in [0.2, 0.25) is 0 Å². The number of carbonyl (C=O) groups is 1. The summed E-state index contributed by atoms with van der Waals surface area (Å²) in [6.07, 6.45) is 0.885. The van der Waals surface area contributed by atoms with Gasteiger partial charge in [-0.25, -0.2) is 0 Å². The van der Waals surface area contributed by atoms with Crippen molar-refractivity contribution in [3.05, 3.63) is 44.3 Å². The molecule has 0 saturated carbocycles. The van der Waals surface area contributed by atoms with Crippen LogP contribution in [-0.2, 0) is 6.42 Å². The molecule has 0 bridgehead atoms. The Kier molecular flexibility index (Phi) is 2.79. The smallest absolute Gasteiger partial charge is 0.170 e. The van der Waals surface area contributed by atoms with Gasteiger partial charge in [-0.15, -0.1) is 22.7 Å². The summed E-state index contributed by atoms with van der Waals surface area (Å²) in [6, 6.07) is 6.19. The quantitative estimate of drug-likeness (QED) is 0.725. The van der Waals surface area contributed by atoms with Gasteiger partial charge in [-0.1, -0.05) is 6.07 Å². The van der Waals surface area contributed by atoms with E-state index in [0.717, 1.165) is 16.9 Å². The highest BCUT2D eigenvalue weighted by molar-refractivity contribution is 7.12. The van der Waals surface area contributed by atoms with Crippen molar-refractivity contribution in [2.45, 2.75) is 13.3 Å². The first-order valence-electron chi connectivity index (χ1n) is 4.37. The van der Waals surface area contributed by atoms with Crippen molar-refractivity contribution in [2.24, 2.45) is 0 Å². The maximum atomic E-state index is 11.3. The van der Waals surface area contributed by atoms with Crippen molar-refractivity contribution >= 4 is 28.5 Å². The lowest BCUT2D eigenvalue weighted by molar-refractivity contribution is 0.102. The third-order valence-electron chi connectivity index (χ3n) is 2.01. The van der Waals surface area contributed by atoms with Crippen LogP contribution in [0.3, 0.4) is 0 Å². The summed E-state index contributed by atoms with van der Waals surface area (Å²) in [5, 5.41) is 4.05. The molecule has 0 unspecified atom stereocenters. The van der Waals surface area contributed by atoms with E-state index < -0.39 is 0 Å². The molecule has 3 heteroatoms. The largest absolute Gasteiger partial charge is 0.294 e. The second kappa shape index (κ2) is 4.07. The zero-order valence-corrected chi connectivity index (χ0v) is 9.45. The first kappa shape index (κ1) is 9.62. The Labute approximate surface area is 91.0 Å². The van der Waals surface area contributed by atoms with Crippen LogP contribution in [-0.4, -0.2) is 5.78 Å². The van der Waals surface area contributed by atoms with Crippen molar-refractivity contribution in [3.63, 3.8) is 0 Å². The standard InChI is InChI=1S/C11H10OS2/c1-8(12)11-9(4-6-14-11)7-10-3-2-5-13-10/h2-6H,7H2,1H3. The van der Waals surface area contributed by atoms with Crippen LogP contribution in [0.2, 0.25) is 0 Å². The van der Waals surface area contributed by atoms with E-state index in [2.05, 4.69) is 11.4 Å². The lowest BCUT2D eigenvalue weighted by Gasteiger charge is -1.97. The van der Waals surface area contributed by atoms with E-state index in [1.807, 2.05) is 17.5 Å². The van der Waals surface area contributed by atoms with Crippen LogP contribution in [0.25, 0.3) is 0 Å². The van der Waals surface area contributed by atoms with Gasteiger partial charge in [-0.05, 0) is 35.4 Å². The summed E-state index contributed by atoms with van der Waals surface area (Å²) in [5.41, 5.74) is 1.16. The van der Waals surface area contributed by atoms with E-state index in [1.165, 1.54) is 16.2 Å². The Morgan fingerprint density at radius 2 is 2.14 bits per heavy atom. The predicted molar refractivity (Wildman–Crippen MR) is 61.4 cm³/mol. The van der Waals surface area contributed by atoms with E-state index in [9.17, 15) is 4.79 Å². The van der Waals surface area contributed by atoms with Gasteiger partial charge >= 0.3 is 0 Å². The fourth-order valence-corrected chi connectivity index (χ4v) is 2.94. The zero-order chi connectivity index (χ0) is 9.97. The van der Waals surface area contributed by atoms with Crippen molar-refractivity contribution in [2.75, 3.05) is 0 Å². The van der Waals surface area contributed by atoms with Gasteiger partial charge in [0.25, 0.3) is 0 Å². The molecule has 0 aromatic carbocycles. The highest BCUT2D eigenvalue weighted by atomic mass is 32.1. The molecular formula is C11H10OS2. The van der Waals surface area contributed by atoms with Crippen LogP contribution in [0.5, 0.6) is 0 Å². The van der Waals surface area contributed by atoms with Crippen molar-refractivity contribution in [1.29, 1.82) is 0 Å². The van der Waals surface area contributed by atoms with Gasteiger partial charge in [-0.2, -0.15) is 0 Å². The molecule has 0 amide bonds. The highest BCUT2D eigenvalue weighted by Gasteiger charge is 2.09. The maximum Gasteiger partial charge on any atom is 0.170 e. The lowest BCUT2D eigenvalue weighted by Crippen LogP contribution is -1.93. The Morgan fingerprint density at radius 3 is 2.79 bits per heavy atom.